The smallest absolute Gasteiger partial charge is 0.115 e. The van der Waals surface area contributed by atoms with Gasteiger partial charge in [-0.15, -0.1) is 0 Å². The molecule has 1 fully saturated rings. The summed E-state index contributed by atoms with van der Waals surface area (Å²) in [4.78, 5) is 0. The molecule has 0 amide bonds. The predicted molar refractivity (Wildman–Crippen MR) is 77.1 cm³/mol. The zero-order valence-corrected chi connectivity index (χ0v) is 12.4. The lowest BCUT2D eigenvalue weighted by molar-refractivity contribution is 0.0324. The van der Waals surface area contributed by atoms with Gasteiger partial charge in [-0.2, -0.15) is 0 Å². The van der Waals surface area contributed by atoms with Gasteiger partial charge >= 0.3 is 0 Å². The first-order chi connectivity index (χ1) is 9.15. The standard InChI is InChI=1S/C14H20BrNO3/c15-14-4-3-12(17)5-11(14)6-16-7-13(18)9-19-8-10-1-2-10/h3-5,10,13,16-18H,1-2,6-9H2. The monoisotopic (exact) mass is 329 g/mol. The molecule has 4 nitrogen and oxygen atoms in total. The molecule has 106 valence electrons. The molecule has 1 atom stereocenters. The number of nitrogens with one attached hydrogen (secondary N) is 1. The van der Waals surface area contributed by atoms with E-state index in [9.17, 15) is 10.2 Å². The molecule has 2 rings (SSSR count). The van der Waals surface area contributed by atoms with Gasteiger partial charge in [-0.05, 0) is 42.5 Å². The Morgan fingerprint density at radius 1 is 1.42 bits per heavy atom. The highest BCUT2D eigenvalue weighted by Crippen LogP contribution is 2.28. The molecule has 1 aliphatic rings. The molecule has 0 bridgehead atoms. The van der Waals surface area contributed by atoms with Crippen LogP contribution in [0.25, 0.3) is 0 Å². The van der Waals surface area contributed by atoms with Crippen molar-refractivity contribution in [3.63, 3.8) is 0 Å². The molecule has 0 aliphatic heterocycles. The SMILES string of the molecule is Oc1ccc(Br)c(CNCC(O)COCC2CC2)c1. The summed E-state index contributed by atoms with van der Waals surface area (Å²) >= 11 is 3.42. The van der Waals surface area contributed by atoms with Crippen molar-refractivity contribution in [1.29, 1.82) is 0 Å². The average molecular weight is 330 g/mol. The van der Waals surface area contributed by atoms with Crippen molar-refractivity contribution in [1.82, 2.24) is 5.32 Å². The van der Waals surface area contributed by atoms with Crippen LogP contribution in [0.5, 0.6) is 5.75 Å². The number of hydrogen-bond acceptors (Lipinski definition) is 4. The molecule has 0 radical (unpaired) electrons. The summed E-state index contributed by atoms with van der Waals surface area (Å²) in [5.74, 6) is 0.969. The van der Waals surface area contributed by atoms with Crippen LogP contribution >= 0.6 is 15.9 Å². The van der Waals surface area contributed by atoms with Crippen LogP contribution < -0.4 is 5.32 Å². The van der Waals surface area contributed by atoms with Crippen LogP contribution in [0.2, 0.25) is 0 Å². The highest BCUT2D eigenvalue weighted by molar-refractivity contribution is 9.10. The van der Waals surface area contributed by atoms with E-state index in [0.29, 0.717) is 19.7 Å². The van der Waals surface area contributed by atoms with E-state index in [2.05, 4.69) is 21.2 Å². The highest BCUT2D eigenvalue weighted by Gasteiger charge is 2.21. The fourth-order valence-electron chi connectivity index (χ4n) is 1.78. The molecule has 0 heterocycles. The Bertz CT molecular complexity index is 410. The molecule has 1 aromatic rings. The van der Waals surface area contributed by atoms with Gasteiger partial charge in [0.15, 0.2) is 0 Å². The second-order valence-corrected chi connectivity index (χ2v) is 5.90. The summed E-state index contributed by atoms with van der Waals surface area (Å²) in [6, 6.07) is 5.14. The Morgan fingerprint density at radius 3 is 2.95 bits per heavy atom. The predicted octanol–water partition coefficient (Wildman–Crippen LogP) is 2.03. The number of halogens is 1. The Morgan fingerprint density at radius 2 is 2.21 bits per heavy atom. The van der Waals surface area contributed by atoms with Crippen molar-refractivity contribution < 1.29 is 14.9 Å². The molecule has 1 unspecified atom stereocenters. The lowest BCUT2D eigenvalue weighted by Gasteiger charge is -2.13. The van der Waals surface area contributed by atoms with Gasteiger partial charge in [-0.1, -0.05) is 15.9 Å². The number of aliphatic hydroxyl groups is 1. The third-order valence-corrected chi connectivity index (χ3v) is 3.86. The number of phenols is 1. The molecule has 19 heavy (non-hydrogen) atoms. The van der Waals surface area contributed by atoms with E-state index in [1.54, 1.807) is 12.1 Å². The summed E-state index contributed by atoms with van der Waals surface area (Å²) in [5.41, 5.74) is 0.964. The lowest BCUT2D eigenvalue weighted by Crippen LogP contribution is -2.30. The fraction of sp³-hybridized carbons (Fsp3) is 0.571. The van der Waals surface area contributed by atoms with E-state index in [-0.39, 0.29) is 5.75 Å². The second-order valence-electron chi connectivity index (χ2n) is 5.04. The van der Waals surface area contributed by atoms with Crippen molar-refractivity contribution in [3.8, 4) is 5.75 Å². The highest BCUT2D eigenvalue weighted by atomic mass is 79.9. The van der Waals surface area contributed by atoms with Crippen LogP contribution in [0.15, 0.2) is 22.7 Å². The minimum absolute atomic E-state index is 0.244. The first-order valence-corrected chi connectivity index (χ1v) is 7.38. The lowest BCUT2D eigenvalue weighted by atomic mass is 10.2. The maximum atomic E-state index is 9.74. The zero-order chi connectivity index (χ0) is 13.7. The summed E-state index contributed by atoms with van der Waals surface area (Å²) in [6.07, 6.45) is 2.04. The molecule has 1 aromatic carbocycles. The van der Waals surface area contributed by atoms with Crippen LogP contribution in [0.3, 0.4) is 0 Å². The van der Waals surface area contributed by atoms with Crippen molar-refractivity contribution in [2.24, 2.45) is 5.92 Å². The topological polar surface area (TPSA) is 61.7 Å². The number of ether oxygens (including phenoxy) is 1. The largest absolute Gasteiger partial charge is 0.508 e. The third-order valence-electron chi connectivity index (χ3n) is 3.09. The Kier molecular flexibility index (Phi) is 5.63. The van der Waals surface area contributed by atoms with E-state index in [0.717, 1.165) is 22.6 Å². The van der Waals surface area contributed by atoms with E-state index in [4.69, 9.17) is 4.74 Å². The maximum absolute atomic E-state index is 9.74. The summed E-state index contributed by atoms with van der Waals surface area (Å²) in [5, 5.41) is 22.3. The molecule has 1 aliphatic carbocycles. The minimum Gasteiger partial charge on any atom is -0.508 e. The number of aromatic hydroxyl groups is 1. The van der Waals surface area contributed by atoms with Gasteiger partial charge in [0.25, 0.3) is 0 Å². The maximum Gasteiger partial charge on any atom is 0.115 e. The van der Waals surface area contributed by atoms with Gasteiger partial charge in [-0.25, -0.2) is 0 Å². The van der Waals surface area contributed by atoms with Crippen molar-refractivity contribution in [2.75, 3.05) is 19.8 Å². The van der Waals surface area contributed by atoms with Gasteiger partial charge in [0.05, 0.1) is 12.7 Å². The summed E-state index contributed by atoms with van der Waals surface area (Å²) in [7, 11) is 0. The summed E-state index contributed by atoms with van der Waals surface area (Å²) in [6.45, 7) is 2.22. The van der Waals surface area contributed by atoms with E-state index >= 15 is 0 Å². The minimum atomic E-state index is -0.491. The molecule has 3 N–H and O–H groups in total. The van der Waals surface area contributed by atoms with Crippen molar-refractivity contribution in [3.05, 3.63) is 28.2 Å². The Labute approximate surface area is 121 Å². The number of aliphatic hydroxyl groups excluding tert-OH is 1. The van der Waals surface area contributed by atoms with E-state index < -0.39 is 6.10 Å². The number of hydrogen-bond donors (Lipinski definition) is 3. The number of rotatable bonds is 8. The van der Waals surface area contributed by atoms with Crippen LogP contribution in [-0.2, 0) is 11.3 Å². The van der Waals surface area contributed by atoms with Crippen LogP contribution in [-0.4, -0.2) is 36.1 Å². The molecule has 0 aromatic heterocycles. The summed E-state index contributed by atoms with van der Waals surface area (Å²) < 4.78 is 6.37. The van der Waals surface area contributed by atoms with Crippen LogP contribution in [0.1, 0.15) is 18.4 Å². The molecule has 1 saturated carbocycles. The zero-order valence-electron chi connectivity index (χ0n) is 10.8. The molecule has 0 spiro atoms. The van der Waals surface area contributed by atoms with Crippen LogP contribution in [0.4, 0.5) is 0 Å². The third kappa shape index (κ3) is 5.48. The molecule has 0 saturated heterocycles. The number of benzene rings is 1. The second kappa shape index (κ2) is 7.24. The van der Waals surface area contributed by atoms with Gasteiger partial charge in [0.2, 0.25) is 0 Å². The first-order valence-electron chi connectivity index (χ1n) is 6.59. The van der Waals surface area contributed by atoms with E-state index in [1.165, 1.54) is 12.8 Å². The fourth-order valence-corrected chi connectivity index (χ4v) is 2.17. The Hall–Kier alpha value is -0.620. The van der Waals surface area contributed by atoms with Gasteiger partial charge in [0.1, 0.15) is 5.75 Å². The van der Waals surface area contributed by atoms with Gasteiger partial charge < -0.3 is 20.3 Å². The normalized spacial score (nSPS) is 16.5. The van der Waals surface area contributed by atoms with Crippen molar-refractivity contribution >= 4 is 15.9 Å². The average Bonchev–Trinajstić information content (AvgIpc) is 3.18. The van der Waals surface area contributed by atoms with E-state index in [1.807, 2.05) is 6.07 Å². The van der Waals surface area contributed by atoms with Gasteiger partial charge in [-0.3, -0.25) is 0 Å². The molecular weight excluding hydrogens is 310 g/mol. The van der Waals surface area contributed by atoms with Crippen molar-refractivity contribution in [2.45, 2.75) is 25.5 Å². The first kappa shape index (κ1) is 14.8. The van der Waals surface area contributed by atoms with Crippen LogP contribution in [0, 0.1) is 5.92 Å². The Balaban J connectivity index is 1.62. The molecule has 5 heteroatoms. The van der Waals surface area contributed by atoms with Gasteiger partial charge in [0, 0.05) is 24.2 Å². The quantitative estimate of drug-likeness (QED) is 0.683. The molecular formula is C14H20BrNO3. The number of phenolic OH excluding ortho intramolecular Hbond substituents is 1.